The lowest BCUT2D eigenvalue weighted by atomic mass is 9.79. The lowest BCUT2D eigenvalue weighted by molar-refractivity contribution is 0.0391. The minimum Gasteiger partial charge on any atom is -0.381 e. The molecule has 0 aromatic heterocycles. The average Bonchev–Trinajstić information content (AvgIpc) is 2.15. The lowest BCUT2D eigenvalue weighted by Crippen LogP contribution is -2.30. The highest BCUT2D eigenvalue weighted by Gasteiger charge is 2.33. The zero-order valence-corrected chi connectivity index (χ0v) is 8.59. The molecular formula is C8H13NO4S. The van der Waals surface area contributed by atoms with Gasteiger partial charge in [-0.05, 0) is 19.3 Å². The molecule has 1 saturated heterocycles. The van der Waals surface area contributed by atoms with Gasteiger partial charge in [-0.2, -0.15) is 13.7 Å². The first kappa shape index (κ1) is 11.4. The van der Waals surface area contributed by atoms with Gasteiger partial charge in [0.2, 0.25) is 0 Å². The number of hydrogen-bond acceptors (Lipinski definition) is 4. The summed E-state index contributed by atoms with van der Waals surface area (Å²) in [5.74, 6) is -0.347. The van der Waals surface area contributed by atoms with Gasteiger partial charge in [-0.25, -0.2) is 0 Å². The Labute approximate surface area is 83.4 Å². The third kappa shape index (κ3) is 3.25. The zero-order valence-electron chi connectivity index (χ0n) is 7.77. The second kappa shape index (κ2) is 4.26. The van der Waals surface area contributed by atoms with Crippen molar-refractivity contribution < 1.29 is 17.7 Å². The molecule has 0 bridgehead atoms. The third-order valence-electron chi connectivity index (χ3n) is 2.53. The molecule has 1 rings (SSSR count). The summed E-state index contributed by atoms with van der Waals surface area (Å²) in [4.78, 5) is 0. The molecule has 6 heteroatoms. The van der Waals surface area contributed by atoms with Crippen LogP contribution in [0.15, 0.2) is 0 Å². The molecule has 1 aliphatic rings. The molecule has 0 amide bonds. The summed E-state index contributed by atoms with van der Waals surface area (Å²) in [7, 11) is -3.96. The topological polar surface area (TPSA) is 87.4 Å². The minimum absolute atomic E-state index is 0.186. The van der Waals surface area contributed by atoms with Crippen LogP contribution in [0.1, 0.15) is 19.3 Å². The Balaban J connectivity index is 2.58. The maximum absolute atomic E-state index is 10.5. The monoisotopic (exact) mass is 219 g/mol. The first-order valence-corrected chi connectivity index (χ1v) is 6.03. The Bertz CT molecular complexity index is 324. The van der Waals surface area contributed by atoms with Crippen molar-refractivity contribution in [2.24, 2.45) is 5.41 Å². The van der Waals surface area contributed by atoms with E-state index in [0.717, 1.165) is 0 Å². The quantitative estimate of drug-likeness (QED) is 0.702. The first-order valence-electron chi connectivity index (χ1n) is 4.42. The van der Waals surface area contributed by atoms with Gasteiger partial charge in [0.15, 0.2) is 0 Å². The first-order chi connectivity index (χ1) is 6.47. The van der Waals surface area contributed by atoms with E-state index in [1.165, 1.54) is 0 Å². The Morgan fingerprint density at radius 3 is 2.43 bits per heavy atom. The number of rotatable bonds is 3. The molecule has 0 spiro atoms. The van der Waals surface area contributed by atoms with Crippen LogP contribution in [0.4, 0.5) is 0 Å². The largest absolute Gasteiger partial charge is 0.381 e. The van der Waals surface area contributed by atoms with Gasteiger partial charge in [0.1, 0.15) is 0 Å². The summed E-state index contributed by atoms with van der Waals surface area (Å²) in [6.07, 6.45) is 1.27. The Hall–Kier alpha value is -0.640. The predicted octanol–water partition coefficient (Wildman–Crippen LogP) is 0.585. The van der Waals surface area contributed by atoms with Gasteiger partial charge < -0.3 is 4.74 Å². The van der Waals surface area contributed by atoms with Crippen LogP contribution < -0.4 is 0 Å². The van der Waals surface area contributed by atoms with E-state index >= 15 is 0 Å². The predicted molar refractivity (Wildman–Crippen MR) is 49.1 cm³/mol. The lowest BCUT2D eigenvalue weighted by Gasteiger charge is -2.29. The number of hydrogen-bond donors (Lipinski definition) is 1. The average molecular weight is 219 g/mol. The number of ether oxygens (including phenoxy) is 1. The van der Waals surface area contributed by atoms with E-state index in [2.05, 4.69) is 6.07 Å². The van der Waals surface area contributed by atoms with E-state index in [0.29, 0.717) is 26.1 Å². The van der Waals surface area contributed by atoms with Gasteiger partial charge in [0.25, 0.3) is 10.1 Å². The Morgan fingerprint density at radius 1 is 1.43 bits per heavy atom. The minimum atomic E-state index is -3.96. The normalized spacial score (nSPS) is 21.4. The van der Waals surface area contributed by atoms with Gasteiger partial charge in [-0.15, -0.1) is 0 Å². The smallest absolute Gasteiger partial charge is 0.264 e. The molecule has 0 unspecified atom stereocenters. The van der Waals surface area contributed by atoms with Crippen LogP contribution in [0.25, 0.3) is 0 Å². The number of nitrogens with zero attached hydrogens (tertiary/aromatic N) is 1. The van der Waals surface area contributed by atoms with E-state index in [1.54, 1.807) is 0 Å². The molecule has 1 N–H and O–H groups in total. The maximum Gasteiger partial charge on any atom is 0.264 e. The molecular weight excluding hydrogens is 206 g/mol. The molecule has 1 aliphatic heterocycles. The number of nitriles is 1. The van der Waals surface area contributed by atoms with Crippen LogP contribution in [0.5, 0.6) is 0 Å². The van der Waals surface area contributed by atoms with Crippen LogP contribution in [0, 0.1) is 16.7 Å². The molecule has 0 aliphatic carbocycles. The second-order valence-corrected chi connectivity index (χ2v) is 5.11. The SMILES string of the molecule is N#CC1(CCS(=O)(=O)O)CCOCC1. The van der Waals surface area contributed by atoms with Crippen molar-refractivity contribution in [3.63, 3.8) is 0 Å². The van der Waals surface area contributed by atoms with Crippen molar-refractivity contribution in [3.05, 3.63) is 0 Å². The highest BCUT2D eigenvalue weighted by atomic mass is 32.2. The van der Waals surface area contributed by atoms with E-state index in [-0.39, 0.29) is 12.2 Å². The fourth-order valence-electron chi connectivity index (χ4n) is 1.50. The van der Waals surface area contributed by atoms with Crippen LogP contribution in [0.2, 0.25) is 0 Å². The molecule has 0 aromatic rings. The van der Waals surface area contributed by atoms with E-state index in [4.69, 9.17) is 14.6 Å². The summed E-state index contributed by atoms with van der Waals surface area (Å²) in [5, 5.41) is 8.96. The highest BCUT2D eigenvalue weighted by Crippen LogP contribution is 2.33. The van der Waals surface area contributed by atoms with Gasteiger partial charge in [-0.1, -0.05) is 0 Å². The van der Waals surface area contributed by atoms with Gasteiger partial charge in [0.05, 0.1) is 17.2 Å². The standard InChI is InChI=1S/C8H13NO4S/c9-7-8(1-4-13-5-2-8)3-6-14(10,11)12/h1-6H2,(H,10,11,12). The zero-order chi connectivity index (χ0) is 10.7. The van der Waals surface area contributed by atoms with Crippen LogP contribution in [-0.4, -0.2) is 31.9 Å². The molecule has 5 nitrogen and oxygen atoms in total. The second-order valence-electron chi connectivity index (χ2n) is 3.54. The van der Waals surface area contributed by atoms with E-state index in [1.807, 2.05) is 0 Å². The van der Waals surface area contributed by atoms with Gasteiger partial charge in [-0.3, -0.25) is 4.55 Å². The summed E-state index contributed by atoms with van der Waals surface area (Å²) >= 11 is 0. The molecule has 1 fully saturated rings. The molecule has 0 aromatic carbocycles. The molecule has 80 valence electrons. The molecule has 0 radical (unpaired) electrons. The van der Waals surface area contributed by atoms with Crippen molar-refractivity contribution >= 4 is 10.1 Å². The highest BCUT2D eigenvalue weighted by molar-refractivity contribution is 7.85. The summed E-state index contributed by atoms with van der Waals surface area (Å²) < 4.78 is 34.8. The fraction of sp³-hybridized carbons (Fsp3) is 0.875. The van der Waals surface area contributed by atoms with Crippen molar-refractivity contribution in [3.8, 4) is 6.07 Å². The van der Waals surface area contributed by atoms with Crippen molar-refractivity contribution in [1.29, 1.82) is 5.26 Å². The van der Waals surface area contributed by atoms with Crippen LogP contribution in [0.3, 0.4) is 0 Å². The molecule has 1 heterocycles. The van der Waals surface area contributed by atoms with Crippen LogP contribution >= 0.6 is 0 Å². The Morgan fingerprint density at radius 2 is 2.00 bits per heavy atom. The molecule has 14 heavy (non-hydrogen) atoms. The van der Waals surface area contributed by atoms with Crippen LogP contribution in [-0.2, 0) is 14.9 Å². The fourth-order valence-corrected chi connectivity index (χ4v) is 2.15. The van der Waals surface area contributed by atoms with E-state index < -0.39 is 15.5 Å². The molecule has 0 atom stereocenters. The van der Waals surface area contributed by atoms with Crippen molar-refractivity contribution in [2.45, 2.75) is 19.3 Å². The third-order valence-corrected chi connectivity index (χ3v) is 3.25. The summed E-state index contributed by atoms with van der Waals surface area (Å²) in [5.41, 5.74) is -0.631. The summed E-state index contributed by atoms with van der Waals surface area (Å²) in [6.45, 7) is 0.970. The molecule has 0 saturated carbocycles. The van der Waals surface area contributed by atoms with Crippen molar-refractivity contribution in [2.75, 3.05) is 19.0 Å². The maximum atomic E-state index is 10.5. The van der Waals surface area contributed by atoms with Gasteiger partial charge in [0, 0.05) is 13.2 Å². The van der Waals surface area contributed by atoms with Crippen molar-refractivity contribution in [1.82, 2.24) is 0 Å². The van der Waals surface area contributed by atoms with Gasteiger partial charge >= 0.3 is 0 Å². The summed E-state index contributed by atoms with van der Waals surface area (Å²) in [6, 6.07) is 2.13. The Kier molecular flexibility index (Phi) is 3.48. The van der Waals surface area contributed by atoms with E-state index in [9.17, 15) is 8.42 Å².